The van der Waals surface area contributed by atoms with E-state index in [9.17, 15) is 0 Å². The van der Waals surface area contributed by atoms with Gasteiger partial charge in [0.1, 0.15) is 0 Å². The molecule has 0 saturated heterocycles. The molecule has 108 valence electrons. The fourth-order valence-corrected chi connectivity index (χ4v) is 2.58. The molecule has 3 rings (SSSR count). The van der Waals surface area contributed by atoms with E-state index in [4.69, 9.17) is 0 Å². The van der Waals surface area contributed by atoms with Crippen molar-refractivity contribution in [2.75, 3.05) is 7.05 Å². The van der Waals surface area contributed by atoms with E-state index in [-0.39, 0.29) is 6.04 Å². The van der Waals surface area contributed by atoms with Gasteiger partial charge in [-0.15, -0.1) is 0 Å². The van der Waals surface area contributed by atoms with Crippen LogP contribution >= 0.6 is 0 Å². The van der Waals surface area contributed by atoms with E-state index in [1.807, 2.05) is 60.1 Å². The summed E-state index contributed by atoms with van der Waals surface area (Å²) in [4.78, 5) is 0. The fraction of sp³-hybridized carbons (Fsp3) is 0.250. The second-order valence-corrected chi connectivity index (χ2v) is 5.03. The lowest BCUT2D eigenvalue weighted by Crippen LogP contribution is -2.21. The van der Waals surface area contributed by atoms with Gasteiger partial charge in [0.2, 0.25) is 0 Å². The van der Waals surface area contributed by atoms with Crippen LogP contribution in [0.25, 0.3) is 5.69 Å². The summed E-state index contributed by atoms with van der Waals surface area (Å²) in [5.74, 6) is 0. The Labute approximate surface area is 124 Å². The van der Waals surface area contributed by atoms with E-state index in [1.165, 1.54) is 0 Å². The van der Waals surface area contributed by atoms with E-state index in [2.05, 4.69) is 34.6 Å². The summed E-state index contributed by atoms with van der Waals surface area (Å²) >= 11 is 0. The largest absolute Gasteiger partial charge is 0.308 e. The number of benzene rings is 1. The molecule has 0 saturated carbocycles. The highest BCUT2D eigenvalue weighted by molar-refractivity contribution is 5.37. The SMILES string of the molecule is CNC(c1cnn(C)c1C)c1ccnn1-c1ccccc1. The van der Waals surface area contributed by atoms with Crippen molar-refractivity contribution in [3.8, 4) is 5.69 Å². The molecule has 1 unspecified atom stereocenters. The number of nitrogens with one attached hydrogen (secondary N) is 1. The van der Waals surface area contributed by atoms with Gasteiger partial charge in [0.05, 0.1) is 23.6 Å². The minimum atomic E-state index is 0.0569. The van der Waals surface area contributed by atoms with Crippen LogP contribution in [0.2, 0.25) is 0 Å². The van der Waals surface area contributed by atoms with Crippen LogP contribution in [0, 0.1) is 6.92 Å². The van der Waals surface area contributed by atoms with Gasteiger partial charge in [-0.2, -0.15) is 10.2 Å². The van der Waals surface area contributed by atoms with Crippen LogP contribution in [0.5, 0.6) is 0 Å². The molecule has 0 radical (unpaired) electrons. The van der Waals surface area contributed by atoms with Crippen LogP contribution < -0.4 is 5.32 Å². The lowest BCUT2D eigenvalue weighted by atomic mass is 10.0. The van der Waals surface area contributed by atoms with Crippen molar-refractivity contribution in [1.29, 1.82) is 0 Å². The van der Waals surface area contributed by atoms with Gasteiger partial charge in [-0.05, 0) is 32.2 Å². The second kappa shape index (κ2) is 5.54. The molecule has 1 N–H and O–H groups in total. The van der Waals surface area contributed by atoms with E-state index in [0.29, 0.717) is 0 Å². The Morgan fingerprint density at radius 2 is 1.86 bits per heavy atom. The highest BCUT2D eigenvalue weighted by atomic mass is 15.3. The molecular formula is C16H19N5. The topological polar surface area (TPSA) is 47.7 Å². The molecule has 1 aromatic carbocycles. The van der Waals surface area contributed by atoms with Crippen LogP contribution in [0.3, 0.4) is 0 Å². The maximum Gasteiger partial charge on any atom is 0.0783 e. The molecule has 5 heteroatoms. The summed E-state index contributed by atoms with van der Waals surface area (Å²) in [5.41, 5.74) is 4.46. The fourth-order valence-electron chi connectivity index (χ4n) is 2.58. The molecule has 0 aliphatic carbocycles. The van der Waals surface area contributed by atoms with Gasteiger partial charge in [0.15, 0.2) is 0 Å². The number of hydrogen-bond acceptors (Lipinski definition) is 3. The predicted octanol–water partition coefficient (Wildman–Crippen LogP) is 2.22. The number of para-hydroxylation sites is 1. The number of aromatic nitrogens is 4. The maximum absolute atomic E-state index is 4.47. The van der Waals surface area contributed by atoms with Crippen molar-refractivity contribution in [3.05, 3.63) is 65.7 Å². The average molecular weight is 281 g/mol. The molecule has 21 heavy (non-hydrogen) atoms. The van der Waals surface area contributed by atoms with Gasteiger partial charge < -0.3 is 5.32 Å². The standard InChI is InChI=1S/C16H19N5/c1-12-14(11-19-20(12)3)16(17-2)15-9-10-18-21(15)13-7-5-4-6-8-13/h4-11,16-17H,1-3H3. The van der Waals surface area contributed by atoms with E-state index in [1.54, 1.807) is 0 Å². The van der Waals surface area contributed by atoms with Crippen molar-refractivity contribution in [1.82, 2.24) is 24.9 Å². The Morgan fingerprint density at radius 1 is 1.10 bits per heavy atom. The second-order valence-electron chi connectivity index (χ2n) is 5.03. The van der Waals surface area contributed by atoms with Crippen LogP contribution in [0.1, 0.15) is 23.0 Å². The molecule has 0 aliphatic heterocycles. The lowest BCUT2D eigenvalue weighted by molar-refractivity contribution is 0.631. The summed E-state index contributed by atoms with van der Waals surface area (Å²) in [6.45, 7) is 2.08. The van der Waals surface area contributed by atoms with Gasteiger partial charge in [-0.1, -0.05) is 18.2 Å². The number of hydrogen-bond donors (Lipinski definition) is 1. The van der Waals surface area contributed by atoms with Gasteiger partial charge in [-0.25, -0.2) is 4.68 Å². The first-order valence-corrected chi connectivity index (χ1v) is 6.97. The Bertz CT molecular complexity index is 726. The number of nitrogens with zero attached hydrogens (tertiary/aromatic N) is 4. The van der Waals surface area contributed by atoms with Gasteiger partial charge in [0.25, 0.3) is 0 Å². The van der Waals surface area contributed by atoms with Crippen LogP contribution in [0.15, 0.2) is 48.8 Å². The van der Waals surface area contributed by atoms with E-state index < -0.39 is 0 Å². The molecule has 1 atom stereocenters. The molecule has 3 aromatic rings. The molecule has 5 nitrogen and oxygen atoms in total. The zero-order valence-electron chi connectivity index (χ0n) is 12.5. The molecule has 0 spiro atoms. The van der Waals surface area contributed by atoms with Crippen LogP contribution in [0.4, 0.5) is 0 Å². The first-order chi connectivity index (χ1) is 10.2. The Morgan fingerprint density at radius 3 is 2.48 bits per heavy atom. The predicted molar refractivity (Wildman–Crippen MR) is 82.4 cm³/mol. The van der Waals surface area contributed by atoms with Gasteiger partial charge in [0, 0.05) is 24.5 Å². The third-order valence-electron chi connectivity index (χ3n) is 3.84. The number of rotatable bonds is 4. The average Bonchev–Trinajstić information content (AvgIpc) is 3.11. The normalized spacial score (nSPS) is 12.5. The zero-order chi connectivity index (χ0) is 14.8. The number of aryl methyl sites for hydroxylation is 1. The summed E-state index contributed by atoms with van der Waals surface area (Å²) < 4.78 is 3.86. The molecule has 2 aromatic heterocycles. The molecule has 0 bridgehead atoms. The van der Waals surface area contributed by atoms with Crippen molar-refractivity contribution in [2.45, 2.75) is 13.0 Å². The Balaban J connectivity index is 2.07. The van der Waals surface area contributed by atoms with Crippen LogP contribution in [-0.4, -0.2) is 26.6 Å². The van der Waals surface area contributed by atoms with Crippen LogP contribution in [-0.2, 0) is 7.05 Å². The molecule has 0 amide bonds. The molecule has 0 aliphatic rings. The van der Waals surface area contributed by atoms with Gasteiger partial charge >= 0.3 is 0 Å². The summed E-state index contributed by atoms with van der Waals surface area (Å²) in [6.07, 6.45) is 3.75. The van der Waals surface area contributed by atoms with Crippen molar-refractivity contribution >= 4 is 0 Å². The smallest absolute Gasteiger partial charge is 0.0783 e. The first kappa shape index (κ1) is 13.6. The minimum Gasteiger partial charge on any atom is -0.308 e. The van der Waals surface area contributed by atoms with Gasteiger partial charge in [-0.3, -0.25) is 4.68 Å². The molecular weight excluding hydrogens is 262 g/mol. The first-order valence-electron chi connectivity index (χ1n) is 6.97. The van der Waals surface area contributed by atoms with Crippen molar-refractivity contribution in [3.63, 3.8) is 0 Å². The van der Waals surface area contributed by atoms with E-state index in [0.717, 1.165) is 22.6 Å². The zero-order valence-corrected chi connectivity index (χ0v) is 12.5. The summed E-state index contributed by atoms with van der Waals surface area (Å²) in [6, 6.07) is 12.3. The lowest BCUT2D eigenvalue weighted by Gasteiger charge is -2.18. The maximum atomic E-state index is 4.47. The third-order valence-corrected chi connectivity index (χ3v) is 3.84. The molecule has 2 heterocycles. The third kappa shape index (κ3) is 2.36. The Hall–Kier alpha value is -2.40. The minimum absolute atomic E-state index is 0.0569. The Kier molecular flexibility index (Phi) is 3.58. The van der Waals surface area contributed by atoms with Crippen molar-refractivity contribution in [2.24, 2.45) is 7.05 Å². The summed E-state index contributed by atoms with van der Waals surface area (Å²) in [7, 11) is 3.92. The highest BCUT2D eigenvalue weighted by Gasteiger charge is 2.21. The summed E-state index contributed by atoms with van der Waals surface area (Å²) in [5, 5.41) is 12.2. The highest BCUT2D eigenvalue weighted by Crippen LogP contribution is 2.25. The molecule has 0 fully saturated rings. The van der Waals surface area contributed by atoms with E-state index >= 15 is 0 Å². The monoisotopic (exact) mass is 281 g/mol. The quantitative estimate of drug-likeness (QED) is 0.797. The van der Waals surface area contributed by atoms with Crippen molar-refractivity contribution < 1.29 is 0 Å².